The Labute approximate surface area is 121 Å². The van der Waals surface area contributed by atoms with Crippen molar-refractivity contribution in [2.24, 2.45) is 0 Å². The number of alkyl halides is 3. The van der Waals surface area contributed by atoms with E-state index in [0.717, 1.165) is 29.8 Å². The predicted octanol–water partition coefficient (Wildman–Crippen LogP) is 4.96. The Morgan fingerprint density at radius 1 is 1.05 bits per heavy atom. The smallest absolute Gasteiger partial charge is 0.385 e. The van der Waals surface area contributed by atoms with E-state index in [9.17, 15) is 13.2 Å². The van der Waals surface area contributed by atoms with Gasteiger partial charge in [-0.2, -0.15) is 13.2 Å². The monoisotopic (exact) mass is 291 g/mol. The molecule has 2 aromatic carbocycles. The largest absolute Gasteiger partial charge is 0.416 e. The molecule has 0 aromatic heterocycles. The summed E-state index contributed by atoms with van der Waals surface area (Å²) in [4.78, 5) is 0. The third kappa shape index (κ3) is 2.75. The van der Waals surface area contributed by atoms with Gasteiger partial charge in [0.25, 0.3) is 0 Å². The Hall–Kier alpha value is -1.97. The molecule has 21 heavy (non-hydrogen) atoms. The van der Waals surface area contributed by atoms with Gasteiger partial charge in [-0.3, -0.25) is 0 Å². The molecule has 0 amide bonds. The van der Waals surface area contributed by atoms with Crippen molar-refractivity contribution in [1.82, 2.24) is 0 Å². The van der Waals surface area contributed by atoms with Crippen molar-refractivity contribution in [2.75, 3.05) is 11.9 Å². The molecular weight excluding hydrogens is 275 g/mol. The van der Waals surface area contributed by atoms with Crippen LogP contribution in [0.4, 0.5) is 18.9 Å². The van der Waals surface area contributed by atoms with E-state index < -0.39 is 11.7 Å². The fourth-order valence-electron chi connectivity index (χ4n) is 2.89. The zero-order chi connectivity index (χ0) is 15.0. The lowest BCUT2D eigenvalue weighted by atomic mass is 9.84. The molecule has 3 rings (SSSR count). The first-order valence-electron chi connectivity index (χ1n) is 6.97. The summed E-state index contributed by atoms with van der Waals surface area (Å²) in [7, 11) is 0. The minimum atomic E-state index is -4.28. The van der Waals surface area contributed by atoms with Crippen LogP contribution in [0.1, 0.15) is 34.6 Å². The van der Waals surface area contributed by atoms with E-state index in [1.807, 2.05) is 19.1 Å². The number of rotatable bonds is 1. The van der Waals surface area contributed by atoms with Gasteiger partial charge in [-0.1, -0.05) is 29.8 Å². The maximum atomic E-state index is 12.6. The molecular formula is C17H16F3N. The van der Waals surface area contributed by atoms with Gasteiger partial charge in [0.05, 0.1) is 5.56 Å². The van der Waals surface area contributed by atoms with Crippen molar-refractivity contribution >= 4 is 5.69 Å². The van der Waals surface area contributed by atoms with Gasteiger partial charge in [-0.05, 0) is 42.7 Å². The summed E-state index contributed by atoms with van der Waals surface area (Å²) in [6.45, 7) is 2.86. The van der Waals surface area contributed by atoms with E-state index in [2.05, 4.69) is 11.4 Å². The number of anilines is 1. The molecule has 110 valence electrons. The molecule has 0 aliphatic carbocycles. The number of nitrogens with one attached hydrogen (secondary N) is 1. The minimum absolute atomic E-state index is 0.156. The van der Waals surface area contributed by atoms with E-state index in [1.165, 1.54) is 17.7 Å². The van der Waals surface area contributed by atoms with Gasteiger partial charge >= 0.3 is 6.18 Å². The van der Waals surface area contributed by atoms with Gasteiger partial charge < -0.3 is 5.32 Å². The topological polar surface area (TPSA) is 12.0 Å². The molecule has 2 aromatic rings. The quantitative estimate of drug-likeness (QED) is 0.783. The van der Waals surface area contributed by atoms with Gasteiger partial charge in [0, 0.05) is 18.2 Å². The highest BCUT2D eigenvalue weighted by Gasteiger charge is 2.30. The highest BCUT2D eigenvalue weighted by Crippen LogP contribution is 2.38. The summed E-state index contributed by atoms with van der Waals surface area (Å²) in [5.41, 5.74) is 3.76. The van der Waals surface area contributed by atoms with Crippen molar-refractivity contribution in [3.8, 4) is 0 Å². The first-order chi connectivity index (χ1) is 9.95. The molecule has 0 saturated carbocycles. The Morgan fingerprint density at radius 3 is 2.43 bits per heavy atom. The van der Waals surface area contributed by atoms with Crippen LogP contribution in [-0.2, 0) is 6.18 Å². The van der Waals surface area contributed by atoms with Crippen LogP contribution in [0.5, 0.6) is 0 Å². The van der Waals surface area contributed by atoms with Gasteiger partial charge in [-0.25, -0.2) is 0 Å². The summed E-state index contributed by atoms with van der Waals surface area (Å²) in [6.07, 6.45) is -3.39. The first-order valence-corrected chi connectivity index (χ1v) is 6.97. The molecule has 0 spiro atoms. The second-order valence-electron chi connectivity index (χ2n) is 5.48. The maximum absolute atomic E-state index is 12.6. The van der Waals surface area contributed by atoms with E-state index in [4.69, 9.17) is 0 Å². The average molecular weight is 291 g/mol. The number of fused-ring (bicyclic) bond motifs is 1. The van der Waals surface area contributed by atoms with E-state index >= 15 is 0 Å². The van der Waals surface area contributed by atoms with Crippen LogP contribution in [0.2, 0.25) is 0 Å². The lowest BCUT2D eigenvalue weighted by Gasteiger charge is -2.27. The SMILES string of the molecule is Cc1ccc2c(c1)C(c1ccc(C(F)(F)F)cc1)CCN2. The van der Waals surface area contributed by atoms with Crippen molar-refractivity contribution in [3.05, 3.63) is 64.7 Å². The van der Waals surface area contributed by atoms with Crippen molar-refractivity contribution in [2.45, 2.75) is 25.4 Å². The Kier molecular flexibility index (Phi) is 3.40. The lowest BCUT2D eigenvalue weighted by molar-refractivity contribution is -0.137. The van der Waals surface area contributed by atoms with Crippen LogP contribution in [0.25, 0.3) is 0 Å². The van der Waals surface area contributed by atoms with Crippen molar-refractivity contribution in [3.63, 3.8) is 0 Å². The number of hydrogen-bond acceptors (Lipinski definition) is 1. The van der Waals surface area contributed by atoms with Crippen molar-refractivity contribution < 1.29 is 13.2 Å². The molecule has 1 aliphatic heterocycles. The minimum Gasteiger partial charge on any atom is -0.385 e. The Morgan fingerprint density at radius 2 is 1.76 bits per heavy atom. The van der Waals surface area contributed by atoms with Crippen LogP contribution in [0.15, 0.2) is 42.5 Å². The molecule has 0 saturated heterocycles. The van der Waals surface area contributed by atoms with E-state index in [1.54, 1.807) is 12.1 Å². The van der Waals surface area contributed by atoms with Crippen LogP contribution >= 0.6 is 0 Å². The molecule has 1 unspecified atom stereocenters. The Bertz CT molecular complexity index is 644. The van der Waals surface area contributed by atoms with Crippen LogP contribution in [-0.4, -0.2) is 6.54 Å². The Balaban J connectivity index is 1.97. The molecule has 1 heterocycles. The van der Waals surface area contributed by atoms with E-state index in [-0.39, 0.29) is 5.92 Å². The molecule has 1 N–H and O–H groups in total. The van der Waals surface area contributed by atoms with Crippen LogP contribution in [0, 0.1) is 6.92 Å². The summed E-state index contributed by atoms with van der Waals surface area (Å²) < 4.78 is 37.9. The van der Waals surface area contributed by atoms with Gasteiger partial charge in [0.2, 0.25) is 0 Å². The highest BCUT2D eigenvalue weighted by atomic mass is 19.4. The fraction of sp³-hybridized carbons (Fsp3) is 0.294. The summed E-state index contributed by atoms with van der Waals surface area (Å²) >= 11 is 0. The number of aryl methyl sites for hydroxylation is 1. The number of benzene rings is 2. The molecule has 0 radical (unpaired) electrons. The van der Waals surface area contributed by atoms with Crippen molar-refractivity contribution in [1.29, 1.82) is 0 Å². The predicted molar refractivity (Wildman–Crippen MR) is 77.6 cm³/mol. The highest BCUT2D eigenvalue weighted by molar-refractivity contribution is 5.58. The third-order valence-electron chi connectivity index (χ3n) is 3.97. The molecule has 1 aliphatic rings. The van der Waals surface area contributed by atoms with Gasteiger partial charge in [0.1, 0.15) is 0 Å². The van der Waals surface area contributed by atoms with Crippen LogP contribution in [0.3, 0.4) is 0 Å². The molecule has 0 bridgehead atoms. The van der Waals surface area contributed by atoms with Gasteiger partial charge in [-0.15, -0.1) is 0 Å². The zero-order valence-corrected chi connectivity index (χ0v) is 11.7. The average Bonchev–Trinajstić information content (AvgIpc) is 2.46. The normalized spacial score (nSPS) is 18.0. The fourth-order valence-corrected chi connectivity index (χ4v) is 2.89. The summed E-state index contributed by atoms with van der Waals surface area (Å²) in [5, 5.41) is 3.35. The molecule has 1 atom stereocenters. The molecule has 1 nitrogen and oxygen atoms in total. The number of hydrogen-bond donors (Lipinski definition) is 1. The first kappa shape index (κ1) is 14.0. The second-order valence-corrected chi connectivity index (χ2v) is 5.48. The molecule has 0 fully saturated rings. The lowest BCUT2D eigenvalue weighted by Crippen LogP contribution is -2.18. The van der Waals surface area contributed by atoms with Gasteiger partial charge in [0.15, 0.2) is 0 Å². The number of halogens is 3. The summed E-state index contributed by atoms with van der Waals surface area (Å²) in [6, 6.07) is 11.8. The summed E-state index contributed by atoms with van der Waals surface area (Å²) in [5.74, 6) is 0.156. The maximum Gasteiger partial charge on any atom is 0.416 e. The molecule has 4 heteroatoms. The standard InChI is InChI=1S/C17H16F3N/c1-11-2-7-16-15(10-11)14(8-9-21-16)12-3-5-13(6-4-12)17(18,19)20/h2-7,10,14,21H,8-9H2,1H3. The third-order valence-corrected chi connectivity index (χ3v) is 3.97. The zero-order valence-electron chi connectivity index (χ0n) is 11.7. The van der Waals surface area contributed by atoms with Crippen LogP contribution < -0.4 is 5.32 Å². The second kappa shape index (κ2) is 5.10. The van der Waals surface area contributed by atoms with E-state index in [0.29, 0.717) is 0 Å².